The Hall–Kier alpha value is -0.0500. The lowest BCUT2D eigenvalue weighted by Gasteiger charge is -2.13. The first-order valence-corrected chi connectivity index (χ1v) is 4.87. The highest BCUT2D eigenvalue weighted by Gasteiger charge is 2.14. The zero-order valence-corrected chi connectivity index (χ0v) is 8.25. The lowest BCUT2D eigenvalue weighted by Crippen LogP contribution is -2.15. The minimum absolute atomic E-state index is 0.0856. The number of rotatable bonds is 2. The zero-order valence-electron chi connectivity index (χ0n) is 6.67. The maximum Gasteiger partial charge on any atom is 0.0561 e. The van der Waals surface area contributed by atoms with Gasteiger partial charge in [-0.2, -0.15) is 0 Å². The van der Waals surface area contributed by atoms with Gasteiger partial charge in [0.15, 0.2) is 0 Å². The maximum absolute atomic E-state index is 5.91. The van der Waals surface area contributed by atoms with Crippen molar-refractivity contribution in [3.63, 3.8) is 0 Å². The third-order valence-corrected chi connectivity index (χ3v) is 3.13. The molecule has 1 nitrogen and oxygen atoms in total. The van der Waals surface area contributed by atoms with Gasteiger partial charge in [-0.25, -0.2) is 0 Å². The third-order valence-electron chi connectivity index (χ3n) is 1.67. The minimum Gasteiger partial charge on any atom is -0.323 e. The fraction of sp³-hybridized carbons (Fsp3) is 0.500. The van der Waals surface area contributed by atoms with Crippen molar-refractivity contribution in [2.45, 2.75) is 19.9 Å². The molecule has 0 aliphatic rings. The zero-order chi connectivity index (χ0) is 8.43. The molecule has 3 heteroatoms. The molecule has 0 aliphatic carbocycles. The van der Waals surface area contributed by atoms with Crippen LogP contribution in [0.3, 0.4) is 0 Å². The van der Waals surface area contributed by atoms with Gasteiger partial charge in [0.1, 0.15) is 0 Å². The predicted octanol–water partition coefficient (Wildman–Crippen LogP) is 3.06. The Kier molecular flexibility index (Phi) is 2.93. The van der Waals surface area contributed by atoms with E-state index in [0.29, 0.717) is 5.92 Å². The van der Waals surface area contributed by atoms with E-state index in [1.165, 1.54) is 0 Å². The third kappa shape index (κ3) is 1.95. The fourth-order valence-electron chi connectivity index (χ4n) is 0.846. The Labute approximate surface area is 76.2 Å². The first-order chi connectivity index (χ1) is 5.13. The Bertz CT molecular complexity index is 232. The number of thiophene rings is 1. The van der Waals surface area contributed by atoms with E-state index in [4.69, 9.17) is 17.3 Å². The quantitative estimate of drug-likeness (QED) is 0.761. The average Bonchev–Trinajstić information content (AvgIpc) is 2.33. The van der Waals surface area contributed by atoms with E-state index in [2.05, 4.69) is 13.8 Å². The van der Waals surface area contributed by atoms with Gasteiger partial charge in [-0.15, -0.1) is 11.3 Å². The molecule has 0 saturated carbocycles. The molecule has 1 atom stereocenters. The van der Waals surface area contributed by atoms with Gasteiger partial charge in [0, 0.05) is 10.9 Å². The molecule has 0 unspecified atom stereocenters. The second-order valence-electron chi connectivity index (χ2n) is 2.90. The Morgan fingerprint density at radius 1 is 1.55 bits per heavy atom. The van der Waals surface area contributed by atoms with Crippen molar-refractivity contribution in [2.24, 2.45) is 11.7 Å². The molecule has 2 N–H and O–H groups in total. The van der Waals surface area contributed by atoms with E-state index in [-0.39, 0.29) is 6.04 Å². The molecular formula is C8H12ClNS. The van der Waals surface area contributed by atoms with Crippen LogP contribution in [0.2, 0.25) is 5.02 Å². The molecule has 0 saturated heterocycles. The molecule has 0 aromatic carbocycles. The molecule has 0 amide bonds. The summed E-state index contributed by atoms with van der Waals surface area (Å²) in [5, 5.41) is 2.77. The van der Waals surface area contributed by atoms with Gasteiger partial charge in [-0.1, -0.05) is 25.4 Å². The number of hydrogen-bond donors (Lipinski definition) is 1. The first-order valence-electron chi connectivity index (χ1n) is 3.61. The van der Waals surface area contributed by atoms with Crippen molar-refractivity contribution in [3.05, 3.63) is 21.3 Å². The van der Waals surface area contributed by atoms with Crippen LogP contribution < -0.4 is 5.73 Å². The summed E-state index contributed by atoms with van der Waals surface area (Å²) in [4.78, 5) is 1.10. The summed E-state index contributed by atoms with van der Waals surface area (Å²) in [5.41, 5.74) is 5.91. The van der Waals surface area contributed by atoms with Crippen molar-refractivity contribution in [2.75, 3.05) is 0 Å². The van der Waals surface area contributed by atoms with Crippen LogP contribution in [0.1, 0.15) is 24.8 Å². The van der Waals surface area contributed by atoms with Crippen molar-refractivity contribution in [3.8, 4) is 0 Å². The summed E-state index contributed by atoms with van der Waals surface area (Å²) in [7, 11) is 0. The first kappa shape index (κ1) is 9.04. The number of nitrogens with two attached hydrogens (primary N) is 1. The number of halogens is 1. The van der Waals surface area contributed by atoms with Crippen molar-refractivity contribution >= 4 is 22.9 Å². The van der Waals surface area contributed by atoms with Crippen molar-refractivity contribution in [1.29, 1.82) is 0 Å². The lowest BCUT2D eigenvalue weighted by atomic mass is 10.0. The molecular weight excluding hydrogens is 178 g/mol. The van der Waals surface area contributed by atoms with Crippen LogP contribution >= 0.6 is 22.9 Å². The van der Waals surface area contributed by atoms with Crippen LogP contribution in [-0.2, 0) is 0 Å². The second-order valence-corrected chi connectivity index (χ2v) is 4.26. The number of hydrogen-bond acceptors (Lipinski definition) is 2. The average molecular weight is 190 g/mol. The van der Waals surface area contributed by atoms with Crippen LogP contribution in [0.5, 0.6) is 0 Å². The molecule has 1 heterocycles. The molecule has 62 valence electrons. The van der Waals surface area contributed by atoms with E-state index in [0.717, 1.165) is 9.90 Å². The van der Waals surface area contributed by atoms with Gasteiger partial charge < -0.3 is 5.73 Å². The Balaban J connectivity index is 2.84. The fourth-order valence-corrected chi connectivity index (χ4v) is 2.20. The molecule has 11 heavy (non-hydrogen) atoms. The molecule has 0 spiro atoms. The van der Waals surface area contributed by atoms with Gasteiger partial charge >= 0.3 is 0 Å². The van der Waals surface area contributed by atoms with Crippen LogP contribution in [0.15, 0.2) is 11.4 Å². The summed E-state index contributed by atoms with van der Waals surface area (Å²) in [6.45, 7) is 4.20. The van der Waals surface area contributed by atoms with Crippen molar-refractivity contribution in [1.82, 2.24) is 0 Å². The minimum atomic E-state index is 0.0856. The Morgan fingerprint density at radius 2 is 2.18 bits per heavy atom. The highest BCUT2D eigenvalue weighted by atomic mass is 35.5. The smallest absolute Gasteiger partial charge is 0.0561 e. The standard InChI is InChI=1S/C8H12ClNS/c1-5(2)7(10)8-6(9)3-4-11-8/h3-5,7H,10H2,1-2H3/t7-/m1/s1. The molecule has 0 bridgehead atoms. The van der Waals surface area contributed by atoms with Gasteiger partial charge in [0.05, 0.1) is 5.02 Å². The summed E-state index contributed by atoms with van der Waals surface area (Å²) < 4.78 is 0. The molecule has 1 aromatic rings. The van der Waals surface area contributed by atoms with E-state index in [9.17, 15) is 0 Å². The largest absolute Gasteiger partial charge is 0.323 e. The highest BCUT2D eigenvalue weighted by molar-refractivity contribution is 7.10. The van der Waals surface area contributed by atoms with Crippen LogP contribution in [0.4, 0.5) is 0 Å². The topological polar surface area (TPSA) is 26.0 Å². The van der Waals surface area contributed by atoms with Gasteiger partial charge in [0.25, 0.3) is 0 Å². The second kappa shape index (κ2) is 3.57. The normalized spacial score (nSPS) is 13.9. The van der Waals surface area contributed by atoms with Gasteiger partial charge in [-0.05, 0) is 17.4 Å². The summed E-state index contributed by atoms with van der Waals surface area (Å²) in [5.74, 6) is 0.450. The van der Waals surface area contributed by atoms with Crippen LogP contribution in [0, 0.1) is 5.92 Å². The SMILES string of the molecule is CC(C)[C@@H](N)c1sccc1Cl. The summed E-state index contributed by atoms with van der Waals surface area (Å²) in [6, 6.07) is 1.98. The van der Waals surface area contributed by atoms with Crippen LogP contribution in [-0.4, -0.2) is 0 Å². The summed E-state index contributed by atoms with van der Waals surface area (Å²) in [6.07, 6.45) is 0. The molecule has 0 fully saturated rings. The summed E-state index contributed by atoms with van der Waals surface area (Å²) >= 11 is 7.54. The van der Waals surface area contributed by atoms with Gasteiger partial charge in [0.2, 0.25) is 0 Å². The van der Waals surface area contributed by atoms with E-state index < -0.39 is 0 Å². The van der Waals surface area contributed by atoms with Gasteiger partial charge in [-0.3, -0.25) is 0 Å². The van der Waals surface area contributed by atoms with Crippen molar-refractivity contribution < 1.29 is 0 Å². The Morgan fingerprint density at radius 3 is 2.55 bits per heavy atom. The van der Waals surface area contributed by atoms with Crippen LogP contribution in [0.25, 0.3) is 0 Å². The monoisotopic (exact) mass is 189 g/mol. The molecule has 1 aromatic heterocycles. The maximum atomic E-state index is 5.91. The lowest BCUT2D eigenvalue weighted by molar-refractivity contribution is 0.521. The molecule has 0 aliphatic heterocycles. The van der Waals surface area contributed by atoms with E-state index in [1.54, 1.807) is 11.3 Å². The highest BCUT2D eigenvalue weighted by Crippen LogP contribution is 2.30. The van der Waals surface area contributed by atoms with E-state index in [1.807, 2.05) is 11.4 Å². The predicted molar refractivity (Wildman–Crippen MR) is 51.1 cm³/mol. The van der Waals surface area contributed by atoms with E-state index >= 15 is 0 Å². The molecule has 0 radical (unpaired) electrons. The molecule has 1 rings (SSSR count).